The van der Waals surface area contributed by atoms with Crippen molar-refractivity contribution in [3.8, 4) is 17.2 Å². The molecular formula is C25H30N2O6. The molecule has 0 fully saturated rings. The molecule has 0 aliphatic carbocycles. The summed E-state index contributed by atoms with van der Waals surface area (Å²) in [6.45, 7) is 6.08. The molecule has 8 nitrogen and oxygen atoms in total. The summed E-state index contributed by atoms with van der Waals surface area (Å²) in [4.78, 5) is 29.1. The average molecular weight is 455 g/mol. The molecule has 0 atom stereocenters. The molecule has 2 aromatic carbocycles. The predicted octanol–water partition coefficient (Wildman–Crippen LogP) is 4.51. The van der Waals surface area contributed by atoms with Gasteiger partial charge in [0, 0.05) is 25.2 Å². The minimum Gasteiger partial charge on any atom is -0.497 e. The van der Waals surface area contributed by atoms with E-state index >= 15 is 0 Å². The predicted molar refractivity (Wildman–Crippen MR) is 128 cm³/mol. The van der Waals surface area contributed by atoms with Gasteiger partial charge in [-0.25, -0.2) is 4.79 Å². The lowest BCUT2D eigenvalue weighted by Crippen LogP contribution is -2.47. The van der Waals surface area contributed by atoms with Crippen LogP contribution in [0.25, 0.3) is 6.08 Å². The monoisotopic (exact) mass is 454 g/mol. The topological polar surface area (TPSA) is 77.5 Å². The minimum atomic E-state index is -0.626. The molecule has 176 valence electrons. The van der Waals surface area contributed by atoms with Crippen LogP contribution in [0.2, 0.25) is 0 Å². The number of hydrogen-bond donors (Lipinski definition) is 0. The van der Waals surface area contributed by atoms with Crippen LogP contribution < -0.4 is 24.0 Å². The Morgan fingerprint density at radius 1 is 0.848 bits per heavy atom. The van der Waals surface area contributed by atoms with Gasteiger partial charge in [0.15, 0.2) is 11.5 Å². The van der Waals surface area contributed by atoms with Crippen molar-refractivity contribution >= 4 is 29.5 Å². The van der Waals surface area contributed by atoms with Gasteiger partial charge in [0.1, 0.15) is 11.4 Å². The van der Waals surface area contributed by atoms with Crippen molar-refractivity contribution in [1.82, 2.24) is 0 Å². The van der Waals surface area contributed by atoms with Crippen LogP contribution in [0, 0.1) is 0 Å². The lowest BCUT2D eigenvalue weighted by molar-refractivity contribution is -0.114. The number of anilines is 2. The van der Waals surface area contributed by atoms with Gasteiger partial charge in [-0.1, -0.05) is 6.07 Å². The van der Waals surface area contributed by atoms with Crippen molar-refractivity contribution in [1.29, 1.82) is 0 Å². The van der Waals surface area contributed by atoms with E-state index in [0.717, 1.165) is 5.56 Å². The van der Waals surface area contributed by atoms with E-state index in [1.807, 2.05) is 26.8 Å². The minimum absolute atomic E-state index is 0.219. The van der Waals surface area contributed by atoms with Gasteiger partial charge >= 0.3 is 6.09 Å². The number of carbonyl (C=O) groups excluding carboxylic acids is 2. The Labute approximate surface area is 194 Å². The van der Waals surface area contributed by atoms with Crippen LogP contribution in [0.3, 0.4) is 0 Å². The number of hydrogen-bond acceptors (Lipinski definition) is 6. The molecule has 0 aromatic heterocycles. The highest BCUT2D eigenvalue weighted by atomic mass is 16.6. The molecule has 0 unspecified atom stereocenters. The van der Waals surface area contributed by atoms with Gasteiger partial charge in [-0.15, -0.1) is 0 Å². The van der Waals surface area contributed by atoms with Gasteiger partial charge in [-0.2, -0.15) is 0 Å². The molecule has 8 heteroatoms. The third-order valence-electron chi connectivity index (χ3n) is 5.02. The Bertz CT molecular complexity index is 1060. The van der Waals surface area contributed by atoms with Crippen molar-refractivity contribution < 1.29 is 28.5 Å². The fourth-order valence-electron chi connectivity index (χ4n) is 3.47. The molecule has 0 N–H and O–H groups in total. The van der Waals surface area contributed by atoms with Crippen LogP contribution >= 0.6 is 0 Å². The lowest BCUT2D eigenvalue weighted by atomic mass is 10.1. The third kappa shape index (κ3) is 5.58. The van der Waals surface area contributed by atoms with Crippen molar-refractivity contribution in [2.45, 2.75) is 26.4 Å². The zero-order valence-electron chi connectivity index (χ0n) is 19.9. The Hall–Kier alpha value is -3.68. The van der Waals surface area contributed by atoms with Crippen LogP contribution in [-0.2, 0) is 9.53 Å². The van der Waals surface area contributed by atoms with Gasteiger partial charge in [-0.3, -0.25) is 9.69 Å². The van der Waals surface area contributed by atoms with E-state index in [-0.39, 0.29) is 5.91 Å². The van der Waals surface area contributed by atoms with Gasteiger partial charge in [-0.05, 0) is 56.7 Å². The molecule has 2 amide bonds. The zero-order valence-corrected chi connectivity index (χ0v) is 19.9. The Kier molecular flexibility index (Phi) is 7.16. The number of amides is 2. The molecule has 0 spiro atoms. The second-order valence-corrected chi connectivity index (χ2v) is 8.42. The molecule has 0 saturated carbocycles. The fourth-order valence-corrected chi connectivity index (χ4v) is 3.47. The van der Waals surface area contributed by atoms with Gasteiger partial charge in [0.25, 0.3) is 5.91 Å². The van der Waals surface area contributed by atoms with Crippen LogP contribution in [0.5, 0.6) is 17.2 Å². The maximum absolute atomic E-state index is 13.1. The van der Waals surface area contributed by atoms with Crippen LogP contribution in [-0.4, -0.2) is 52.0 Å². The largest absolute Gasteiger partial charge is 0.497 e. The van der Waals surface area contributed by atoms with E-state index in [1.165, 1.54) is 6.08 Å². The highest BCUT2D eigenvalue weighted by molar-refractivity contribution is 6.08. The molecule has 3 rings (SSSR count). The summed E-state index contributed by atoms with van der Waals surface area (Å²) in [5.74, 6) is 1.55. The first-order chi connectivity index (χ1) is 15.7. The zero-order chi connectivity index (χ0) is 24.2. The number of benzene rings is 2. The SMILES string of the molecule is COc1ccc2c(c1)N(C(=O)C=Cc1ccc(OC)c(OC)c1)CCN2C(=O)OC(C)(C)C. The summed E-state index contributed by atoms with van der Waals surface area (Å²) in [6.07, 6.45) is 2.75. The van der Waals surface area contributed by atoms with E-state index in [4.69, 9.17) is 18.9 Å². The first-order valence-electron chi connectivity index (χ1n) is 10.6. The number of fused-ring (bicyclic) bond motifs is 1. The van der Waals surface area contributed by atoms with E-state index in [2.05, 4.69) is 0 Å². The second kappa shape index (κ2) is 9.85. The second-order valence-electron chi connectivity index (χ2n) is 8.42. The number of carbonyl (C=O) groups is 2. The first-order valence-corrected chi connectivity index (χ1v) is 10.6. The van der Waals surface area contributed by atoms with Gasteiger partial charge in [0.2, 0.25) is 0 Å². The Morgan fingerprint density at radius 3 is 2.18 bits per heavy atom. The van der Waals surface area contributed by atoms with E-state index in [9.17, 15) is 9.59 Å². The molecule has 33 heavy (non-hydrogen) atoms. The quantitative estimate of drug-likeness (QED) is 0.619. The maximum Gasteiger partial charge on any atom is 0.414 e. The molecule has 0 radical (unpaired) electrons. The maximum atomic E-state index is 13.1. The van der Waals surface area contributed by atoms with Crippen molar-refractivity contribution in [3.63, 3.8) is 0 Å². The summed E-state index contributed by atoms with van der Waals surface area (Å²) in [5.41, 5.74) is 1.33. The normalized spacial score (nSPS) is 13.5. The molecular weight excluding hydrogens is 424 g/mol. The molecule has 0 saturated heterocycles. The summed E-state index contributed by atoms with van der Waals surface area (Å²) in [6, 6.07) is 10.7. The first kappa shape index (κ1) is 24.0. The molecule has 0 bridgehead atoms. The summed E-state index contributed by atoms with van der Waals surface area (Å²) in [7, 11) is 4.68. The Balaban J connectivity index is 1.88. The van der Waals surface area contributed by atoms with Crippen molar-refractivity contribution in [2.24, 2.45) is 0 Å². The highest BCUT2D eigenvalue weighted by Gasteiger charge is 2.32. The van der Waals surface area contributed by atoms with Crippen LogP contribution in [0.1, 0.15) is 26.3 Å². The number of rotatable bonds is 5. The highest BCUT2D eigenvalue weighted by Crippen LogP contribution is 2.37. The smallest absolute Gasteiger partial charge is 0.414 e. The average Bonchev–Trinajstić information content (AvgIpc) is 2.79. The number of nitrogens with zero attached hydrogens (tertiary/aromatic N) is 2. The van der Waals surface area contributed by atoms with Crippen LogP contribution in [0.4, 0.5) is 16.2 Å². The van der Waals surface area contributed by atoms with Crippen molar-refractivity contribution in [2.75, 3.05) is 44.2 Å². The number of ether oxygens (including phenoxy) is 4. The molecule has 1 aliphatic rings. The van der Waals surface area contributed by atoms with E-state index in [0.29, 0.717) is 41.7 Å². The van der Waals surface area contributed by atoms with Crippen molar-refractivity contribution in [3.05, 3.63) is 48.0 Å². The molecule has 1 aliphatic heterocycles. The summed E-state index contributed by atoms with van der Waals surface area (Å²) in [5, 5.41) is 0. The van der Waals surface area contributed by atoms with Gasteiger partial charge < -0.3 is 23.8 Å². The number of methoxy groups -OCH3 is 3. The standard InChI is InChI=1S/C25H30N2O6/c1-25(2,3)33-24(29)27-14-13-26(20-16-18(30-4)9-10-19(20)27)23(28)12-8-17-7-11-21(31-5)22(15-17)32-6/h7-12,15-16H,13-14H2,1-6H3. The molecule has 2 aromatic rings. The van der Waals surface area contributed by atoms with Crippen LogP contribution in [0.15, 0.2) is 42.5 Å². The van der Waals surface area contributed by atoms with E-state index in [1.54, 1.807) is 67.5 Å². The summed E-state index contributed by atoms with van der Waals surface area (Å²) < 4.78 is 21.5. The third-order valence-corrected chi connectivity index (χ3v) is 5.02. The summed E-state index contributed by atoms with van der Waals surface area (Å²) >= 11 is 0. The molecule has 1 heterocycles. The Morgan fingerprint density at radius 2 is 1.55 bits per heavy atom. The van der Waals surface area contributed by atoms with Gasteiger partial charge in [0.05, 0.1) is 32.7 Å². The fraction of sp³-hybridized carbons (Fsp3) is 0.360. The lowest BCUT2D eigenvalue weighted by Gasteiger charge is -2.37. The van der Waals surface area contributed by atoms with E-state index < -0.39 is 11.7 Å².